The van der Waals surface area contributed by atoms with Crippen molar-refractivity contribution in [2.24, 2.45) is 5.92 Å². The standard InChI is InChI=1S/C22H23F2N5O2/c1-11-7-29(8-18(31-11)14-9-30-10-14)22-27-19(16-5-4-15(23)6-17(16)24)20-21(28-22)26-13(3)12(2)25-20/h4-6,11,14,18H,7-10H2,1-3H3. The van der Waals surface area contributed by atoms with Crippen LogP contribution in [0.4, 0.5) is 14.7 Å². The molecule has 0 spiro atoms. The van der Waals surface area contributed by atoms with Crippen LogP contribution in [0, 0.1) is 31.4 Å². The largest absolute Gasteiger partial charge is 0.380 e. The molecule has 2 aliphatic heterocycles. The molecule has 2 unspecified atom stereocenters. The molecule has 0 saturated carbocycles. The van der Waals surface area contributed by atoms with E-state index >= 15 is 0 Å². The zero-order valence-corrected chi connectivity index (χ0v) is 17.6. The van der Waals surface area contributed by atoms with Gasteiger partial charge in [0.25, 0.3) is 0 Å². The molecule has 0 amide bonds. The van der Waals surface area contributed by atoms with Crippen molar-refractivity contribution in [2.45, 2.75) is 33.0 Å². The zero-order valence-electron chi connectivity index (χ0n) is 17.6. The average Bonchev–Trinajstić information content (AvgIpc) is 2.67. The van der Waals surface area contributed by atoms with Crippen molar-refractivity contribution in [1.82, 2.24) is 19.9 Å². The molecule has 2 aromatic heterocycles. The van der Waals surface area contributed by atoms with Gasteiger partial charge in [-0.05, 0) is 32.9 Å². The number of aromatic nitrogens is 4. The number of halogens is 2. The highest BCUT2D eigenvalue weighted by atomic mass is 19.1. The van der Waals surface area contributed by atoms with Gasteiger partial charge in [0.1, 0.15) is 22.8 Å². The molecule has 31 heavy (non-hydrogen) atoms. The number of hydrogen-bond donors (Lipinski definition) is 0. The van der Waals surface area contributed by atoms with Gasteiger partial charge in [-0.15, -0.1) is 0 Å². The van der Waals surface area contributed by atoms with Crippen LogP contribution in [0.2, 0.25) is 0 Å². The normalized spacial score (nSPS) is 22.0. The maximum absolute atomic E-state index is 14.7. The van der Waals surface area contributed by atoms with Crippen molar-refractivity contribution in [2.75, 3.05) is 31.2 Å². The Hall–Kier alpha value is -2.78. The molecule has 2 atom stereocenters. The number of fused-ring (bicyclic) bond motifs is 1. The molecule has 0 bridgehead atoms. The van der Waals surface area contributed by atoms with E-state index in [1.807, 2.05) is 25.7 Å². The first-order chi connectivity index (χ1) is 14.9. The fourth-order valence-electron chi connectivity index (χ4n) is 3.99. The summed E-state index contributed by atoms with van der Waals surface area (Å²) in [6.07, 6.45) is -0.0101. The summed E-state index contributed by atoms with van der Waals surface area (Å²) in [5.74, 6) is -0.579. The second-order valence-corrected chi connectivity index (χ2v) is 8.25. The van der Waals surface area contributed by atoms with Gasteiger partial charge in [-0.3, -0.25) is 0 Å². The molecule has 2 fully saturated rings. The highest BCUT2D eigenvalue weighted by Gasteiger charge is 2.36. The van der Waals surface area contributed by atoms with E-state index in [1.165, 1.54) is 12.1 Å². The van der Waals surface area contributed by atoms with E-state index in [0.29, 0.717) is 60.7 Å². The minimum absolute atomic E-state index is 0.00800. The third-order valence-corrected chi connectivity index (χ3v) is 5.87. The van der Waals surface area contributed by atoms with Crippen LogP contribution in [0.3, 0.4) is 0 Å². The number of aryl methyl sites for hydroxylation is 2. The van der Waals surface area contributed by atoms with Crippen molar-refractivity contribution >= 4 is 17.1 Å². The molecule has 5 rings (SSSR count). The van der Waals surface area contributed by atoms with Gasteiger partial charge in [0.05, 0.1) is 36.8 Å². The van der Waals surface area contributed by atoms with Crippen LogP contribution in [-0.2, 0) is 9.47 Å². The molecule has 0 N–H and O–H groups in total. The molecular formula is C22H23F2N5O2. The lowest BCUT2D eigenvalue weighted by Gasteiger charge is -2.42. The van der Waals surface area contributed by atoms with Crippen molar-refractivity contribution in [1.29, 1.82) is 0 Å². The molecule has 2 aliphatic rings. The summed E-state index contributed by atoms with van der Waals surface area (Å²) in [7, 11) is 0. The third-order valence-electron chi connectivity index (χ3n) is 5.87. The highest BCUT2D eigenvalue weighted by Crippen LogP contribution is 2.31. The first-order valence-corrected chi connectivity index (χ1v) is 10.4. The van der Waals surface area contributed by atoms with E-state index < -0.39 is 11.6 Å². The SMILES string of the molecule is Cc1nc2nc(N3CC(C)OC(C4COC4)C3)nc(-c3ccc(F)cc3F)c2nc1C. The van der Waals surface area contributed by atoms with Gasteiger partial charge in [-0.25, -0.2) is 23.7 Å². The fourth-order valence-corrected chi connectivity index (χ4v) is 3.99. The second kappa shape index (κ2) is 7.72. The first-order valence-electron chi connectivity index (χ1n) is 10.4. The second-order valence-electron chi connectivity index (χ2n) is 8.25. The lowest BCUT2D eigenvalue weighted by atomic mass is 9.98. The van der Waals surface area contributed by atoms with Crippen molar-refractivity contribution in [3.8, 4) is 11.3 Å². The Morgan fingerprint density at radius 2 is 1.77 bits per heavy atom. The summed E-state index contributed by atoms with van der Waals surface area (Å²) in [5, 5.41) is 0. The number of ether oxygens (including phenoxy) is 2. The predicted octanol–water partition coefficient (Wildman–Crippen LogP) is 3.22. The van der Waals surface area contributed by atoms with Crippen molar-refractivity contribution in [3.63, 3.8) is 0 Å². The molecule has 0 radical (unpaired) electrons. The predicted molar refractivity (Wildman–Crippen MR) is 111 cm³/mol. The van der Waals surface area contributed by atoms with Crippen LogP contribution < -0.4 is 4.90 Å². The Balaban J connectivity index is 1.64. The molecule has 1 aromatic carbocycles. The van der Waals surface area contributed by atoms with E-state index in [-0.39, 0.29) is 17.8 Å². The van der Waals surface area contributed by atoms with E-state index in [2.05, 4.69) is 15.0 Å². The minimum Gasteiger partial charge on any atom is -0.380 e. The molecule has 2 saturated heterocycles. The van der Waals surface area contributed by atoms with Crippen LogP contribution >= 0.6 is 0 Å². The van der Waals surface area contributed by atoms with E-state index in [0.717, 1.165) is 11.8 Å². The lowest BCUT2D eigenvalue weighted by Crippen LogP contribution is -2.54. The highest BCUT2D eigenvalue weighted by molar-refractivity contribution is 5.88. The van der Waals surface area contributed by atoms with Crippen LogP contribution in [0.5, 0.6) is 0 Å². The van der Waals surface area contributed by atoms with Crippen molar-refractivity contribution < 1.29 is 18.3 Å². The molecule has 162 valence electrons. The zero-order chi connectivity index (χ0) is 21.7. The van der Waals surface area contributed by atoms with Gasteiger partial charge >= 0.3 is 0 Å². The number of hydrogen-bond acceptors (Lipinski definition) is 7. The van der Waals surface area contributed by atoms with E-state index in [9.17, 15) is 8.78 Å². The minimum atomic E-state index is -0.703. The van der Waals surface area contributed by atoms with Gasteiger partial charge in [0.15, 0.2) is 5.65 Å². The Bertz CT molecular complexity index is 1150. The quantitative estimate of drug-likeness (QED) is 0.635. The Labute approximate surface area is 178 Å². The van der Waals surface area contributed by atoms with Gasteiger partial charge in [-0.1, -0.05) is 0 Å². The fraction of sp³-hybridized carbons (Fsp3) is 0.455. The van der Waals surface area contributed by atoms with Crippen molar-refractivity contribution in [3.05, 3.63) is 41.2 Å². The van der Waals surface area contributed by atoms with Crippen LogP contribution in [0.1, 0.15) is 18.3 Å². The van der Waals surface area contributed by atoms with Gasteiger partial charge in [0.2, 0.25) is 5.95 Å². The maximum atomic E-state index is 14.7. The summed E-state index contributed by atoms with van der Waals surface area (Å²) in [6, 6.07) is 3.44. The summed E-state index contributed by atoms with van der Waals surface area (Å²) >= 11 is 0. The molecule has 3 aromatic rings. The van der Waals surface area contributed by atoms with Crippen LogP contribution in [0.25, 0.3) is 22.4 Å². The summed E-state index contributed by atoms with van der Waals surface area (Å²) in [5.41, 5.74) is 2.69. The van der Waals surface area contributed by atoms with Crippen LogP contribution in [-0.4, -0.2) is 58.4 Å². The molecule has 0 aliphatic carbocycles. The number of rotatable bonds is 3. The summed E-state index contributed by atoms with van der Waals surface area (Å²) in [4.78, 5) is 20.5. The average molecular weight is 427 g/mol. The topological polar surface area (TPSA) is 73.3 Å². The molecule has 9 heteroatoms. The van der Waals surface area contributed by atoms with Gasteiger partial charge in [-0.2, -0.15) is 4.98 Å². The number of morpholine rings is 1. The van der Waals surface area contributed by atoms with Gasteiger partial charge in [0, 0.05) is 30.6 Å². The van der Waals surface area contributed by atoms with E-state index in [1.54, 1.807) is 0 Å². The maximum Gasteiger partial charge on any atom is 0.228 e. The Kier molecular flexibility index (Phi) is 5.02. The molecule has 4 heterocycles. The molecular weight excluding hydrogens is 404 g/mol. The monoisotopic (exact) mass is 427 g/mol. The third kappa shape index (κ3) is 3.72. The smallest absolute Gasteiger partial charge is 0.228 e. The first kappa shape index (κ1) is 20.1. The summed E-state index contributed by atoms with van der Waals surface area (Å²) in [6.45, 7) is 8.25. The summed E-state index contributed by atoms with van der Waals surface area (Å²) < 4.78 is 39.7. The van der Waals surface area contributed by atoms with E-state index in [4.69, 9.17) is 14.5 Å². The Morgan fingerprint density at radius 3 is 2.48 bits per heavy atom. The van der Waals surface area contributed by atoms with Gasteiger partial charge < -0.3 is 14.4 Å². The number of nitrogens with zero attached hydrogens (tertiary/aromatic N) is 5. The Morgan fingerprint density at radius 1 is 1.00 bits per heavy atom. The number of anilines is 1. The molecule has 7 nitrogen and oxygen atoms in total. The number of benzene rings is 1. The van der Waals surface area contributed by atoms with Crippen LogP contribution in [0.15, 0.2) is 18.2 Å². The lowest BCUT2D eigenvalue weighted by molar-refractivity contribution is -0.135.